The number of benzene rings is 2. The van der Waals surface area contributed by atoms with E-state index in [9.17, 15) is 14.4 Å². The number of esters is 1. The van der Waals surface area contributed by atoms with Crippen LogP contribution in [0.4, 0.5) is 5.69 Å². The lowest BCUT2D eigenvalue weighted by molar-refractivity contribution is -0.141. The molecule has 0 bridgehead atoms. The second-order valence-corrected chi connectivity index (χ2v) is 7.46. The smallest absolute Gasteiger partial charge is 0.310 e. The highest BCUT2D eigenvalue weighted by molar-refractivity contribution is 5.99. The lowest BCUT2D eigenvalue weighted by Gasteiger charge is -2.18. The minimum Gasteiger partial charge on any atom is -0.486 e. The fourth-order valence-corrected chi connectivity index (χ4v) is 2.97. The van der Waals surface area contributed by atoms with Crippen LogP contribution in [0.3, 0.4) is 0 Å². The van der Waals surface area contributed by atoms with Crippen LogP contribution in [-0.2, 0) is 20.7 Å². The molecule has 1 N–H and O–H groups in total. The highest BCUT2D eigenvalue weighted by Crippen LogP contribution is 2.30. The highest BCUT2D eigenvalue weighted by atomic mass is 16.6. The van der Waals surface area contributed by atoms with E-state index >= 15 is 0 Å². The third-order valence-electron chi connectivity index (χ3n) is 4.40. The Morgan fingerprint density at radius 1 is 1.00 bits per heavy atom. The summed E-state index contributed by atoms with van der Waals surface area (Å²) in [6.45, 7) is 4.56. The van der Waals surface area contributed by atoms with E-state index in [0.717, 1.165) is 5.56 Å². The molecule has 0 atom stereocenters. The largest absolute Gasteiger partial charge is 0.486 e. The molecule has 0 spiro atoms. The van der Waals surface area contributed by atoms with Crippen molar-refractivity contribution in [3.05, 3.63) is 53.6 Å². The Labute approximate surface area is 175 Å². The maximum Gasteiger partial charge on any atom is 0.310 e. The van der Waals surface area contributed by atoms with Crippen molar-refractivity contribution in [1.82, 2.24) is 0 Å². The molecule has 0 unspecified atom stereocenters. The van der Waals surface area contributed by atoms with Crippen molar-refractivity contribution in [1.29, 1.82) is 0 Å². The molecule has 30 heavy (non-hydrogen) atoms. The molecule has 0 saturated carbocycles. The number of fused-ring (bicyclic) bond motifs is 1. The second kappa shape index (κ2) is 9.91. The molecule has 7 heteroatoms. The average Bonchev–Trinajstić information content (AvgIpc) is 2.72. The van der Waals surface area contributed by atoms with Crippen LogP contribution in [0.5, 0.6) is 11.5 Å². The molecular weight excluding hydrogens is 386 g/mol. The lowest BCUT2D eigenvalue weighted by atomic mass is 10.1. The van der Waals surface area contributed by atoms with E-state index < -0.39 is 5.97 Å². The first-order valence-corrected chi connectivity index (χ1v) is 9.88. The standard InChI is InChI=1S/C23H25NO6/c1-15(2)11-22(26)24-18-6-4-17(5-7-18)19(25)14-30-23(27)13-16-3-8-20-21(12-16)29-10-9-28-20/h3-8,12,15H,9-11,13-14H2,1-2H3,(H,24,26). The van der Waals surface area contributed by atoms with Gasteiger partial charge in [0.2, 0.25) is 5.91 Å². The molecule has 2 aromatic rings. The van der Waals surface area contributed by atoms with Crippen molar-refractivity contribution < 1.29 is 28.6 Å². The maximum absolute atomic E-state index is 12.3. The molecule has 0 radical (unpaired) electrons. The van der Waals surface area contributed by atoms with Crippen LogP contribution in [0.15, 0.2) is 42.5 Å². The third-order valence-corrected chi connectivity index (χ3v) is 4.40. The number of ketones is 1. The summed E-state index contributed by atoms with van der Waals surface area (Å²) >= 11 is 0. The van der Waals surface area contributed by atoms with Gasteiger partial charge in [0, 0.05) is 17.7 Å². The number of ether oxygens (including phenoxy) is 3. The number of rotatable bonds is 8. The van der Waals surface area contributed by atoms with Crippen molar-refractivity contribution in [3.8, 4) is 11.5 Å². The Morgan fingerprint density at radius 2 is 1.70 bits per heavy atom. The van der Waals surface area contributed by atoms with Crippen LogP contribution in [0, 0.1) is 5.92 Å². The SMILES string of the molecule is CC(C)CC(=O)Nc1ccc(C(=O)COC(=O)Cc2ccc3c(c2)OCCO3)cc1. The van der Waals surface area contributed by atoms with Crippen LogP contribution >= 0.6 is 0 Å². The van der Waals surface area contributed by atoms with Gasteiger partial charge < -0.3 is 19.5 Å². The molecule has 0 saturated heterocycles. The molecule has 1 heterocycles. The summed E-state index contributed by atoms with van der Waals surface area (Å²) in [5, 5.41) is 2.78. The summed E-state index contributed by atoms with van der Waals surface area (Å²) in [6.07, 6.45) is 0.463. The first kappa shape index (κ1) is 21.4. The molecule has 1 aliphatic rings. The van der Waals surface area contributed by atoms with Gasteiger partial charge in [-0.1, -0.05) is 19.9 Å². The molecule has 3 rings (SSSR count). The summed E-state index contributed by atoms with van der Waals surface area (Å²) in [6, 6.07) is 11.8. The quantitative estimate of drug-likeness (QED) is 0.529. The van der Waals surface area contributed by atoms with Gasteiger partial charge in [-0.25, -0.2) is 0 Å². The van der Waals surface area contributed by atoms with Gasteiger partial charge in [0.15, 0.2) is 23.9 Å². The van der Waals surface area contributed by atoms with Gasteiger partial charge in [-0.05, 0) is 47.9 Å². The first-order chi connectivity index (χ1) is 14.4. The minimum absolute atomic E-state index is 0.0325. The number of nitrogens with one attached hydrogen (secondary N) is 1. The van der Waals surface area contributed by atoms with E-state index in [1.165, 1.54) is 0 Å². The zero-order valence-corrected chi connectivity index (χ0v) is 17.1. The van der Waals surface area contributed by atoms with Crippen LogP contribution in [0.1, 0.15) is 36.2 Å². The van der Waals surface area contributed by atoms with E-state index in [1.54, 1.807) is 42.5 Å². The molecule has 1 amide bonds. The van der Waals surface area contributed by atoms with Gasteiger partial charge >= 0.3 is 5.97 Å². The molecule has 0 aromatic heterocycles. The predicted molar refractivity (Wildman–Crippen MR) is 111 cm³/mol. The monoisotopic (exact) mass is 411 g/mol. The van der Waals surface area contributed by atoms with Gasteiger partial charge in [0.25, 0.3) is 0 Å². The van der Waals surface area contributed by atoms with Crippen molar-refractivity contribution in [3.63, 3.8) is 0 Å². The molecule has 0 fully saturated rings. The molecular formula is C23H25NO6. The fraction of sp³-hybridized carbons (Fsp3) is 0.348. The van der Waals surface area contributed by atoms with Gasteiger partial charge in [0.05, 0.1) is 6.42 Å². The van der Waals surface area contributed by atoms with Crippen LogP contribution in [0.2, 0.25) is 0 Å². The summed E-state index contributed by atoms with van der Waals surface area (Å²) in [7, 11) is 0. The number of Topliss-reactive ketones (excluding diaryl/α,β-unsaturated/α-hetero) is 1. The summed E-state index contributed by atoms with van der Waals surface area (Å²) in [5.41, 5.74) is 1.75. The Bertz CT molecular complexity index is 920. The third kappa shape index (κ3) is 6.07. The zero-order valence-electron chi connectivity index (χ0n) is 17.1. The summed E-state index contributed by atoms with van der Waals surface area (Å²) < 4.78 is 16.1. The van der Waals surface area contributed by atoms with Crippen molar-refractivity contribution in [2.45, 2.75) is 26.7 Å². The molecule has 1 aliphatic heterocycles. The highest BCUT2D eigenvalue weighted by Gasteiger charge is 2.15. The summed E-state index contributed by atoms with van der Waals surface area (Å²) in [4.78, 5) is 36.2. The molecule has 7 nitrogen and oxygen atoms in total. The predicted octanol–water partition coefficient (Wildman–Crippen LogP) is 3.41. The number of hydrogen-bond donors (Lipinski definition) is 1. The lowest BCUT2D eigenvalue weighted by Crippen LogP contribution is -2.17. The van der Waals surface area contributed by atoms with Crippen LogP contribution in [0.25, 0.3) is 0 Å². The van der Waals surface area contributed by atoms with E-state index in [2.05, 4.69) is 5.32 Å². The topological polar surface area (TPSA) is 90.9 Å². The van der Waals surface area contributed by atoms with E-state index in [0.29, 0.717) is 42.4 Å². The number of carbonyl (C=O) groups excluding carboxylic acids is 3. The summed E-state index contributed by atoms with van der Waals surface area (Å²) in [5.74, 6) is 0.628. The number of hydrogen-bond acceptors (Lipinski definition) is 6. The second-order valence-electron chi connectivity index (χ2n) is 7.46. The molecule has 0 aliphatic carbocycles. The Balaban J connectivity index is 1.47. The van der Waals surface area contributed by atoms with Gasteiger partial charge in [-0.3, -0.25) is 14.4 Å². The van der Waals surface area contributed by atoms with E-state index in [-0.39, 0.29) is 30.6 Å². The van der Waals surface area contributed by atoms with Gasteiger partial charge in [-0.15, -0.1) is 0 Å². The zero-order chi connectivity index (χ0) is 21.5. The maximum atomic E-state index is 12.3. The number of anilines is 1. The number of amides is 1. The first-order valence-electron chi connectivity index (χ1n) is 9.88. The Hall–Kier alpha value is -3.35. The van der Waals surface area contributed by atoms with Gasteiger partial charge in [-0.2, -0.15) is 0 Å². The normalized spacial score (nSPS) is 12.4. The van der Waals surface area contributed by atoms with Crippen LogP contribution < -0.4 is 14.8 Å². The Morgan fingerprint density at radius 3 is 2.40 bits per heavy atom. The average molecular weight is 411 g/mol. The van der Waals surface area contributed by atoms with Gasteiger partial charge in [0.1, 0.15) is 13.2 Å². The van der Waals surface area contributed by atoms with Crippen molar-refractivity contribution in [2.75, 3.05) is 25.1 Å². The fourth-order valence-electron chi connectivity index (χ4n) is 2.97. The molecule has 2 aromatic carbocycles. The van der Waals surface area contributed by atoms with E-state index in [4.69, 9.17) is 14.2 Å². The van der Waals surface area contributed by atoms with Crippen molar-refractivity contribution >= 4 is 23.3 Å². The molecule has 158 valence electrons. The van der Waals surface area contributed by atoms with Crippen LogP contribution in [-0.4, -0.2) is 37.5 Å². The number of carbonyl (C=O) groups is 3. The van der Waals surface area contributed by atoms with E-state index in [1.807, 2.05) is 13.8 Å². The minimum atomic E-state index is -0.502. The van der Waals surface area contributed by atoms with Crippen molar-refractivity contribution in [2.24, 2.45) is 5.92 Å². The Kier molecular flexibility index (Phi) is 7.06.